The Bertz CT molecular complexity index is 1280. The maximum atomic E-state index is 13.2. The lowest BCUT2D eigenvalue weighted by Crippen LogP contribution is -2.54. The first-order chi connectivity index (χ1) is 19.9. The summed E-state index contributed by atoms with van der Waals surface area (Å²) in [6, 6.07) is 24.4. The first-order valence-corrected chi connectivity index (χ1v) is 13.8. The van der Waals surface area contributed by atoms with Crippen molar-refractivity contribution in [1.29, 1.82) is 0 Å². The van der Waals surface area contributed by atoms with Gasteiger partial charge in [0, 0.05) is 19.1 Å². The smallest absolute Gasteiger partial charge is 0.407 e. The molecule has 0 fully saturated rings. The summed E-state index contributed by atoms with van der Waals surface area (Å²) in [5, 5.41) is 14.5. The third kappa shape index (κ3) is 7.93. The van der Waals surface area contributed by atoms with Crippen LogP contribution >= 0.6 is 0 Å². The van der Waals surface area contributed by atoms with Crippen molar-refractivity contribution in [2.75, 3.05) is 19.8 Å². The number of hydrogen-bond donors (Lipinski definition) is 3. The van der Waals surface area contributed by atoms with Gasteiger partial charge in [0.1, 0.15) is 12.6 Å². The first kappa shape index (κ1) is 29.8. The maximum Gasteiger partial charge on any atom is 0.407 e. The Morgan fingerprint density at radius 2 is 1.49 bits per heavy atom. The van der Waals surface area contributed by atoms with Crippen molar-refractivity contribution >= 4 is 18.0 Å². The number of carbonyl (C=O) groups is 3. The minimum Gasteiger partial charge on any atom is -0.481 e. The number of carbonyl (C=O) groups excluding carboxylic acids is 2. The molecule has 1 aliphatic carbocycles. The molecule has 0 bridgehead atoms. The Kier molecular flexibility index (Phi) is 10.5. The van der Waals surface area contributed by atoms with Crippen LogP contribution in [0, 0.1) is 0 Å². The summed E-state index contributed by atoms with van der Waals surface area (Å²) in [5.74, 6) is -1.70. The van der Waals surface area contributed by atoms with Crippen molar-refractivity contribution in [3.05, 3.63) is 95.6 Å². The number of alkyl carbamates (subject to hydrolysis) is 1. The highest BCUT2D eigenvalue weighted by molar-refractivity contribution is 5.86. The van der Waals surface area contributed by atoms with E-state index in [1.54, 1.807) is 13.8 Å². The van der Waals surface area contributed by atoms with E-state index in [9.17, 15) is 14.4 Å². The van der Waals surface area contributed by atoms with Crippen LogP contribution < -0.4 is 10.6 Å². The van der Waals surface area contributed by atoms with Crippen molar-refractivity contribution in [2.24, 2.45) is 0 Å². The van der Waals surface area contributed by atoms with Crippen LogP contribution in [0.25, 0.3) is 11.1 Å². The van der Waals surface area contributed by atoms with Crippen molar-refractivity contribution < 1.29 is 33.7 Å². The molecule has 0 radical (unpaired) electrons. The topological polar surface area (TPSA) is 123 Å². The molecule has 3 N–H and O–H groups in total. The van der Waals surface area contributed by atoms with E-state index in [2.05, 4.69) is 22.8 Å². The molecule has 2 amide bonds. The van der Waals surface area contributed by atoms with Crippen LogP contribution in [-0.2, 0) is 30.4 Å². The van der Waals surface area contributed by atoms with Crippen LogP contribution in [0.1, 0.15) is 42.9 Å². The number of aliphatic carboxylic acids is 1. The van der Waals surface area contributed by atoms with Crippen molar-refractivity contribution in [3.63, 3.8) is 0 Å². The van der Waals surface area contributed by atoms with Gasteiger partial charge in [-0.05, 0) is 41.7 Å². The molecule has 0 saturated carbocycles. The Morgan fingerprint density at radius 3 is 2.10 bits per heavy atom. The van der Waals surface area contributed by atoms with Crippen LogP contribution in [-0.4, -0.2) is 61.1 Å². The van der Waals surface area contributed by atoms with Crippen LogP contribution in [0.3, 0.4) is 0 Å². The molecule has 3 aromatic carbocycles. The van der Waals surface area contributed by atoms with Crippen LogP contribution in [0.5, 0.6) is 0 Å². The largest absolute Gasteiger partial charge is 0.481 e. The third-order valence-corrected chi connectivity index (χ3v) is 7.03. The lowest BCUT2D eigenvalue weighted by Gasteiger charge is -2.26. The SMILES string of the molecule is CCOC(CNC(=O)[C@H](NC(=O)OCC1c2ccccc2-c2ccccc21)[C@H](C)OCc1ccccc1)CC(=O)O. The fourth-order valence-corrected chi connectivity index (χ4v) is 5.01. The molecule has 4 rings (SSSR count). The van der Waals surface area contributed by atoms with Gasteiger partial charge in [-0.1, -0.05) is 78.9 Å². The first-order valence-electron chi connectivity index (χ1n) is 13.8. The zero-order chi connectivity index (χ0) is 29.2. The van der Waals surface area contributed by atoms with Gasteiger partial charge in [0.05, 0.1) is 25.2 Å². The fraction of sp³-hybridized carbons (Fsp3) is 0.344. The average Bonchev–Trinajstić information content (AvgIpc) is 3.30. The quantitative estimate of drug-likeness (QED) is 0.265. The number of benzene rings is 3. The lowest BCUT2D eigenvalue weighted by atomic mass is 9.98. The van der Waals surface area contributed by atoms with Gasteiger partial charge in [0.2, 0.25) is 5.91 Å². The summed E-state index contributed by atoms with van der Waals surface area (Å²) in [7, 11) is 0. The molecule has 0 spiro atoms. The standard InChI is InChI=1S/C32H36N2O7/c1-3-39-23(17-29(35)36)18-33-31(37)30(21(2)40-19-22-11-5-4-6-12-22)34-32(38)41-20-28-26-15-9-7-13-24(26)25-14-8-10-16-27(25)28/h4-16,21,23,28,30H,3,17-20H2,1-2H3,(H,33,37)(H,34,38)(H,35,36)/t21-,23?,30+/m0/s1. The zero-order valence-electron chi connectivity index (χ0n) is 23.2. The fourth-order valence-electron chi connectivity index (χ4n) is 5.01. The van der Waals surface area contributed by atoms with Gasteiger partial charge in [-0.2, -0.15) is 0 Å². The molecule has 0 aliphatic heterocycles. The van der Waals surface area contributed by atoms with Crippen molar-refractivity contribution in [3.8, 4) is 11.1 Å². The number of carboxylic acid groups (broad SMARTS) is 1. The Hall–Kier alpha value is -4.21. The van der Waals surface area contributed by atoms with E-state index in [0.29, 0.717) is 6.61 Å². The Morgan fingerprint density at radius 1 is 0.878 bits per heavy atom. The molecule has 3 atom stereocenters. The normalized spacial score (nSPS) is 14.3. The maximum absolute atomic E-state index is 13.2. The number of amides is 2. The van der Waals surface area contributed by atoms with Gasteiger partial charge in [-0.3, -0.25) is 9.59 Å². The molecule has 41 heavy (non-hydrogen) atoms. The lowest BCUT2D eigenvalue weighted by molar-refractivity contribution is -0.140. The van der Waals surface area contributed by atoms with Gasteiger partial charge in [0.15, 0.2) is 0 Å². The molecule has 0 saturated heterocycles. The molecule has 9 heteroatoms. The number of hydrogen-bond acceptors (Lipinski definition) is 6. The van der Waals surface area contributed by atoms with Gasteiger partial charge >= 0.3 is 12.1 Å². The van der Waals surface area contributed by atoms with Crippen LogP contribution in [0.4, 0.5) is 4.79 Å². The second kappa shape index (κ2) is 14.4. The molecule has 216 valence electrons. The molecule has 9 nitrogen and oxygen atoms in total. The van der Waals surface area contributed by atoms with Crippen molar-refractivity contribution in [2.45, 2.75) is 51.0 Å². The minimum absolute atomic E-state index is 0.0345. The van der Waals surface area contributed by atoms with Crippen LogP contribution in [0.15, 0.2) is 78.9 Å². The molecule has 1 aliphatic rings. The Balaban J connectivity index is 1.42. The highest BCUT2D eigenvalue weighted by Gasteiger charge is 2.32. The Labute approximate surface area is 239 Å². The van der Waals surface area contributed by atoms with E-state index in [1.807, 2.05) is 66.7 Å². The number of carboxylic acids is 1. The van der Waals surface area contributed by atoms with Gasteiger partial charge in [0.25, 0.3) is 0 Å². The van der Waals surface area contributed by atoms with E-state index in [4.69, 9.17) is 19.3 Å². The van der Waals surface area contributed by atoms with Crippen molar-refractivity contribution in [1.82, 2.24) is 10.6 Å². The molecule has 0 heterocycles. The van der Waals surface area contributed by atoms with E-state index >= 15 is 0 Å². The predicted molar refractivity (Wildman–Crippen MR) is 153 cm³/mol. The predicted octanol–water partition coefficient (Wildman–Crippen LogP) is 4.50. The molecule has 3 aromatic rings. The number of nitrogens with one attached hydrogen (secondary N) is 2. The minimum atomic E-state index is -1.10. The van der Waals surface area contributed by atoms with E-state index < -0.39 is 36.2 Å². The summed E-state index contributed by atoms with van der Waals surface area (Å²) >= 11 is 0. The number of fused-ring (bicyclic) bond motifs is 3. The van der Waals surface area contributed by atoms with Gasteiger partial charge < -0.3 is 30.0 Å². The van der Waals surface area contributed by atoms with Gasteiger partial charge in [-0.25, -0.2) is 4.79 Å². The molecule has 1 unspecified atom stereocenters. The molecular weight excluding hydrogens is 524 g/mol. The van der Waals surface area contributed by atoms with E-state index in [0.717, 1.165) is 27.8 Å². The highest BCUT2D eigenvalue weighted by Crippen LogP contribution is 2.44. The second-order valence-electron chi connectivity index (χ2n) is 9.87. The van der Waals surface area contributed by atoms with Gasteiger partial charge in [-0.15, -0.1) is 0 Å². The summed E-state index contributed by atoms with van der Waals surface area (Å²) in [6.07, 6.45) is -2.45. The monoisotopic (exact) mass is 560 g/mol. The molecular formula is C32H36N2O7. The summed E-state index contributed by atoms with van der Waals surface area (Å²) in [4.78, 5) is 37.5. The summed E-state index contributed by atoms with van der Waals surface area (Å²) in [5.41, 5.74) is 5.30. The number of ether oxygens (including phenoxy) is 3. The summed E-state index contributed by atoms with van der Waals surface area (Å²) in [6.45, 7) is 4.03. The average molecular weight is 561 g/mol. The van der Waals surface area contributed by atoms with E-state index in [-0.39, 0.29) is 32.1 Å². The second-order valence-corrected chi connectivity index (χ2v) is 9.87. The zero-order valence-corrected chi connectivity index (χ0v) is 23.2. The van der Waals surface area contributed by atoms with Crippen LogP contribution in [0.2, 0.25) is 0 Å². The van der Waals surface area contributed by atoms with E-state index in [1.165, 1.54) is 0 Å². The third-order valence-electron chi connectivity index (χ3n) is 7.03. The highest BCUT2D eigenvalue weighted by atomic mass is 16.5. The summed E-state index contributed by atoms with van der Waals surface area (Å²) < 4.78 is 17.1. The molecule has 0 aromatic heterocycles. The number of rotatable bonds is 14.